The number of halogens is 1. The van der Waals surface area contributed by atoms with Gasteiger partial charge in [-0.2, -0.15) is 0 Å². The molecule has 0 radical (unpaired) electrons. The van der Waals surface area contributed by atoms with E-state index in [0.29, 0.717) is 22.8 Å². The minimum atomic E-state index is -0.436. The number of para-hydroxylation sites is 1. The van der Waals surface area contributed by atoms with Crippen molar-refractivity contribution in [2.75, 3.05) is 7.11 Å². The van der Waals surface area contributed by atoms with Gasteiger partial charge in [0.05, 0.1) is 12.7 Å². The predicted octanol–water partition coefficient (Wildman–Crippen LogP) is 3.50. The maximum Gasteiger partial charge on any atom is 0.338 e. The molecule has 0 aliphatic carbocycles. The van der Waals surface area contributed by atoms with Crippen molar-refractivity contribution < 1.29 is 14.3 Å². The maximum absolute atomic E-state index is 11.8. The van der Waals surface area contributed by atoms with Gasteiger partial charge in [0.2, 0.25) is 5.88 Å². The van der Waals surface area contributed by atoms with Crippen LogP contribution >= 0.6 is 11.6 Å². The standard InChI is InChI=1S/C15H13ClN2O3/c1-3-10(15(19)20-2)11-6-4-5-7-12(11)21-14-8-13(16)17-9-18-14/h3-9H,1-2H3/b10-3+. The molecule has 1 heterocycles. The Bertz CT molecular complexity index is 686. The molecule has 0 aliphatic heterocycles. The van der Waals surface area contributed by atoms with E-state index in [1.807, 2.05) is 6.07 Å². The van der Waals surface area contributed by atoms with Crippen LogP contribution in [0.2, 0.25) is 5.15 Å². The Morgan fingerprint density at radius 3 is 2.71 bits per heavy atom. The molecule has 0 fully saturated rings. The summed E-state index contributed by atoms with van der Waals surface area (Å²) in [6.45, 7) is 1.75. The van der Waals surface area contributed by atoms with E-state index in [1.54, 1.807) is 31.2 Å². The molecule has 2 rings (SSSR count). The van der Waals surface area contributed by atoms with Gasteiger partial charge in [-0.25, -0.2) is 14.8 Å². The molecule has 0 saturated carbocycles. The highest BCUT2D eigenvalue weighted by atomic mass is 35.5. The van der Waals surface area contributed by atoms with Crippen molar-refractivity contribution in [2.24, 2.45) is 0 Å². The van der Waals surface area contributed by atoms with Crippen molar-refractivity contribution in [3.05, 3.63) is 53.5 Å². The number of aromatic nitrogens is 2. The second kappa shape index (κ2) is 6.85. The molecule has 0 saturated heterocycles. The van der Waals surface area contributed by atoms with E-state index >= 15 is 0 Å². The molecule has 5 nitrogen and oxygen atoms in total. The summed E-state index contributed by atoms with van der Waals surface area (Å²) < 4.78 is 10.5. The average Bonchev–Trinajstić information content (AvgIpc) is 2.49. The molecule has 0 atom stereocenters. The molecule has 0 N–H and O–H groups in total. The van der Waals surface area contributed by atoms with Crippen LogP contribution in [-0.4, -0.2) is 23.0 Å². The Hall–Kier alpha value is -2.40. The summed E-state index contributed by atoms with van der Waals surface area (Å²) in [4.78, 5) is 19.6. The van der Waals surface area contributed by atoms with Gasteiger partial charge in [0.25, 0.3) is 0 Å². The summed E-state index contributed by atoms with van der Waals surface area (Å²) >= 11 is 5.80. The van der Waals surface area contributed by atoms with Crippen LogP contribution in [0, 0.1) is 0 Å². The maximum atomic E-state index is 11.8. The van der Waals surface area contributed by atoms with Crippen LogP contribution in [0.4, 0.5) is 0 Å². The number of nitrogens with zero attached hydrogens (tertiary/aromatic N) is 2. The number of esters is 1. The molecule has 0 spiro atoms. The third kappa shape index (κ3) is 3.58. The normalized spacial score (nSPS) is 11.1. The molecule has 0 unspecified atom stereocenters. The van der Waals surface area contributed by atoms with Crippen LogP contribution in [0.1, 0.15) is 12.5 Å². The fraction of sp³-hybridized carbons (Fsp3) is 0.133. The van der Waals surface area contributed by atoms with Gasteiger partial charge in [0.1, 0.15) is 17.2 Å². The number of benzene rings is 1. The van der Waals surface area contributed by atoms with Crippen molar-refractivity contribution in [2.45, 2.75) is 6.92 Å². The lowest BCUT2D eigenvalue weighted by Gasteiger charge is -2.11. The van der Waals surface area contributed by atoms with Gasteiger partial charge < -0.3 is 9.47 Å². The lowest BCUT2D eigenvalue weighted by Crippen LogP contribution is -2.05. The molecule has 0 aliphatic rings. The second-order valence-corrected chi connectivity index (χ2v) is 4.36. The van der Waals surface area contributed by atoms with Crippen LogP contribution in [0.5, 0.6) is 11.6 Å². The fourth-order valence-electron chi connectivity index (χ4n) is 1.76. The second-order valence-electron chi connectivity index (χ2n) is 3.97. The van der Waals surface area contributed by atoms with Crippen molar-refractivity contribution in [3.8, 4) is 11.6 Å². The van der Waals surface area contributed by atoms with E-state index < -0.39 is 5.97 Å². The van der Waals surface area contributed by atoms with E-state index in [4.69, 9.17) is 21.1 Å². The molecule has 6 heteroatoms. The van der Waals surface area contributed by atoms with Gasteiger partial charge in [-0.05, 0) is 13.0 Å². The van der Waals surface area contributed by atoms with Crippen molar-refractivity contribution in [1.82, 2.24) is 9.97 Å². The smallest absolute Gasteiger partial charge is 0.338 e. The lowest BCUT2D eigenvalue weighted by atomic mass is 10.0. The zero-order valence-electron chi connectivity index (χ0n) is 11.5. The SMILES string of the molecule is C/C=C(/C(=O)OC)c1ccccc1Oc1cc(Cl)ncn1. The Labute approximate surface area is 127 Å². The molecule has 1 aromatic carbocycles. The highest BCUT2D eigenvalue weighted by Crippen LogP contribution is 2.30. The molecule has 21 heavy (non-hydrogen) atoms. The number of ether oxygens (including phenoxy) is 2. The third-order valence-electron chi connectivity index (χ3n) is 2.69. The first-order chi connectivity index (χ1) is 10.2. The minimum Gasteiger partial charge on any atom is -0.465 e. The Kier molecular flexibility index (Phi) is 4.90. The summed E-state index contributed by atoms with van der Waals surface area (Å²) in [7, 11) is 1.33. The minimum absolute atomic E-state index is 0.275. The zero-order valence-corrected chi connectivity index (χ0v) is 12.3. The first-order valence-corrected chi connectivity index (χ1v) is 6.53. The highest BCUT2D eigenvalue weighted by molar-refractivity contribution is 6.29. The summed E-state index contributed by atoms with van der Waals surface area (Å²) in [6.07, 6.45) is 2.97. The first-order valence-electron chi connectivity index (χ1n) is 6.15. The lowest BCUT2D eigenvalue weighted by molar-refractivity contribution is -0.133. The first kappa shape index (κ1) is 15.0. The summed E-state index contributed by atoms with van der Waals surface area (Å²) in [5.74, 6) is 0.336. The monoisotopic (exact) mass is 304 g/mol. The highest BCUT2D eigenvalue weighted by Gasteiger charge is 2.16. The number of hydrogen-bond donors (Lipinski definition) is 0. The number of methoxy groups -OCH3 is 1. The largest absolute Gasteiger partial charge is 0.465 e. The van der Waals surface area contributed by atoms with E-state index in [9.17, 15) is 4.79 Å². The predicted molar refractivity (Wildman–Crippen MR) is 79.2 cm³/mol. The van der Waals surface area contributed by atoms with Gasteiger partial charge in [-0.3, -0.25) is 0 Å². The molecule has 2 aromatic rings. The number of carbonyl (C=O) groups is 1. The summed E-state index contributed by atoms with van der Waals surface area (Å²) in [5, 5.41) is 0.275. The molecule has 0 bridgehead atoms. The third-order valence-corrected chi connectivity index (χ3v) is 2.90. The van der Waals surface area contributed by atoms with Gasteiger partial charge >= 0.3 is 5.97 Å². The Morgan fingerprint density at radius 1 is 1.29 bits per heavy atom. The van der Waals surface area contributed by atoms with Crippen molar-refractivity contribution in [3.63, 3.8) is 0 Å². The Balaban J connectivity index is 2.39. The summed E-state index contributed by atoms with van der Waals surface area (Å²) in [5.41, 5.74) is 1.02. The van der Waals surface area contributed by atoms with E-state index in [2.05, 4.69) is 9.97 Å². The van der Waals surface area contributed by atoms with Gasteiger partial charge in [0.15, 0.2) is 0 Å². The van der Waals surface area contributed by atoms with Crippen LogP contribution < -0.4 is 4.74 Å². The average molecular weight is 305 g/mol. The van der Waals surface area contributed by atoms with Gasteiger partial charge in [0, 0.05) is 11.6 Å². The zero-order chi connectivity index (χ0) is 15.2. The van der Waals surface area contributed by atoms with Crippen LogP contribution in [-0.2, 0) is 9.53 Å². The van der Waals surface area contributed by atoms with Crippen LogP contribution in [0.25, 0.3) is 5.57 Å². The number of allylic oxidation sites excluding steroid dienone is 1. The molecular weight excluding hydrogens is 292 g/mol. The van der Waals surface area contributed by atoms with Crippen LogP contribution in [0.15, 0.2) is 42.7 Å². The van der Waals surface area contributed by atoms with Crippen molar-refractivity contribution >= 4 is 23.1 Å². The number of carbonyl (C=O) groups excluding carboxylic acids is 1. The van der Waals surface area contributed by atoms with E-state index in [-0.39, 0.29) is 5.15 Å². The van der Waals surface area contributed by atoms with Gasteiger partial charge in [-0.15, -0.1) is 0 Å². The van der Waals surface area contributed by atoms with Crippen LogP contribution in [0.3, 0.4) is 0 Å². The molecule has 0 amide bonds. The molecular formula is C15H13ClN2O3. The molecule has 1 aromatic heterocycles. The summed E-state index contributed by atoms with van der Waals surface area (Å²) in [6, 6.07) is 8.60. The quantitative estimate of drug-likeness (QED) is 0.491. The van der Waals surface area contributed by atoms with Gasteiger partial charge in [-0.1, -0.05) is 35.9 Å². The van der Waals surface area contributed by atoms with E-state index in [1.165, 1.54) is 19.5 Å². The number of rotatable bonds is 4. The Morgan fingerprint density at radius 2 is 2.05 bits per heavy atom. The topological polar surface area (TPSA) is 61.3 Å². The van der Waals surface area contributed by atoms with E-state index in [0.717, 1.165) is 0 Å². The van der Waals surface area contributed by atoms with Crippen molar-refractivity contribution in [1.29, 1.82) is 0 Å². The number of hydrogen-bond acceptors (Lipinski definition) is 5. The fourth-order valence-corrected chi connectivity index (χ4v) is 1.89. The molecule has 108 valence electrons.